The van der Waals surface area contributed by atoms with Gasteiger partial charge in [-0.3, -0.25) is 4.79 Å². The average molecular weight is 466 g/mol. The third-order valence-corrected chi connectivity index (χ3v) is 6.32. The quantitative estimate of drug-likeness (QED) is 0.471. The van der Waals surface area contributed by atoms with Crippen molar-refractivity contribution < 1.29 is 18.0 Å². The van der Waals surface area contributed by atoms with E-state index in [-0.39, 0.29) is 29.7 Å². The van der Waals surface area contributed by atoms with E-state index in [0.717, 1.165) is 12.8 Å². The van der Waals surface area contributed by atoms with E-state index in [0.29, 0.717) is 41.0 Å². The molecule has 1 aliphatic rings. The van der Waals surface area contributed by atoms with Gasteiger partial charge >= 0.3 is 0 Å². The number of amides is 1. The summed E-state index contributed by atoms with van der Waals surface area (Å²) >= 11 is 0. The van der Waals surface area contributed by atoms with E-state index in [1.54, 1.807) is 6.92 Å². The van der Waals surface area contributed by atoms with E-state index in [4.69, 9.17) is 4.42 Å². The Morgan fingerprint density at radius 1 is 1.18 bits per heavy atom. The molecule has 2 unspecified atom stereocenters. The summed E-state index contributed by atoms with van der Waals surface area (Å²) in [6.45, 7) is 4.77. The van der Waals surface area contributed by atoms with Gasteiger partial charge in [-0.05, 0) is 49.4 Å². The maximum absolute atomic E-state index is 14.2. The molecule has 10 heteroatoms. The van der Waals surface area contributed by atoms with Crippen LogP contribution in [0.4, 0.5) is 14.8 Å². The second-order valence-corrected chi connectivity index (χ2v) is 8.63. The van der Waals surface area contributed by atoms with Crippen molar-refractivity contribution in [3.05, 3.63) is 65.5 Å². The molecule has 8 nitrogen and oxygen atoms in total. The standard InChI is InChI=1S/C24H24F2N6O2/c1-14-4-3-9-31(20(14)13-27-24-30-18-11-16(25)5-6-21(18)34-24)23(33)22-15(2)10-17(26)12-19(22)32-28-7-8-29-32/h5-8,10-12,14,20H,3-4,9,13H2,1-2H3,(H,27,30). The van der Waals surface area contributed by atoms with Crippen molar-refractivity contribution in [2.75, 3.05) is 18.4 Å². The van der Waals surface area contributed by atoms with Crippen molar-refractivity contribution in [1.29, 1.82) is 0 Å². The number of piperidine rings is 1. The Hall–Kier alpha value is -3.82. The van der Waals surface area contributed by atoms with Crippen molar-refractivity contribution in [1.82, 2.24) is 24.9 Å². The number of hydrogen-bond acceptors (Lipinski definition) is 6. The van der Waals surface area contributed by atoms with Crippen LogP contribution in [0.3, 0.4) is 0 Å². The number of rotatable bonds is 5. The van der Waals surface area contributed by atoms with Crippen molar-refractivity contribution in [2.24, 2.45) is 5.92 Å². The monoisotopic (exact) mass is 466 g/mol. The van der Waals surface area contributed by atoms with Gasteiger partial charge in [-0.2, -0.15) is 20.0 Å². The fourth-order valence-corrected chi connectivity index (χ4v) is 4.63. The molecular weight excluding hydrogens is 442 g/mol. The lowest BCUT2D eigenvalue weighted by Gasteiger charge is -2.40. The Morgan fingerprint density at radius 2 is 1.97 bits per heavy atom. The molecule has 2 atom stereocenters. The number of anilines is 1. The van der Waals surface area contributed by atoms with Gasteiger partial charge < -0.3 is 14.6 Å². The summed E-state index contributed by atoms with van der Waals surface area (Å²) in [5.41, 5.74) is 2.09. The minimum atomic E-state index is -0.459. The van der Waals surface area contributed by atoms with Crippen LogP contribution in [0.1, 0.15) is 35.7 Å². The highest BCUT2D eigenvalue weighted by molar-refractivity contribution is 5.99. The zero-order valence-electron chi connectivity index (χ0n) is 18.8. The molecule has 0 saturated carbocycles. The van der Waals surface area contributed by atoms with Crippen LogP contribution >= 0.6 is 0 Å². The Labute approximate surface area is 194 Å². The maximum Gasteiger partial charge on any atom is 0.295 e. The average Bonchev–Trinajstić information content (AvgIpc) is 3.47. The van der Waals surface area contributed by atoms with Crippen LogP contribution in [0.2, 0.25) is 0 Å². The Morgan fingerprint density at radius 3 is 2.76 bits per heavy atom. The Kier molecular flexibility index (Phi) is 5.72. The first-order valence-corrected chi connectivity index (χ1v) is 11.2. The van der Waals surface area contributed by atoms with Gasteiger partial charge in [-0.1, -0.05) is 6.92 Å². The predicted octanol–water partition coefficient (Wildman–Crippen LogP) is 4.35. The highest BCUT2D eigenvalue weighted by Crippen LogP contribution is 2.29. The number of hydrogen-bond donors (Lipinski definition) is 1. The Balaban J connectivity index is 1.43. The molecule has 1 aliphatic heterocycles. The molecule has 1 fully saturated rings. The number of likely N-dealkylation sites (tertiary alicyclic amines) is 1. The van der Waals surface area contributed by atoms with Gasteiger partial charge in [0.1, 0.15) is 22.8 Å². The molecule has 1 N–H and O–H groups in total. The molecule has 1 saturated heterocycles. The van der Waals surface area contributed by atoms with Gasteiger partial charge in [-0.15, -0.1) is 0 Å². The summed E-state index contributed by atoms with van der Waals surface area (Å²) in [6, 6.07) is 6.89. The number of nitrogens with zero attached hydrogens (tertiary/aromatic N) is 5. The largest absolute Gasteiger partial charge is 0.424 e. The molecule has 34 heavy (non-hydrogen) atoms. The zero-order valence-corrected chi connectivity index (χ0v) is 18.8. The molecule has 0 aliphatic carbocycles. The van der Waals surface area contributed by atoms with Crippen LogP contribution in [0.15, 0.2) is 47.1 Å². The summed E-state index contributed by atoms with van der Waals surface area (Å²) in [6.07, 6.45) is 4.79. The number of carbonyl (C=O) groups excluding carboxylic acids is 1. The van der Waals surface area contributed by atoms with E-state index in [1.807, 2.05) is 4.90 Å². The van der Waals surface area contributed by atoms with Gasteiger partial charge in [0.05, 0.1) is 24.0 Å². The van der Waals surface area contributed by atoms with Crippen LogP contribution in [0.25, 0.3) is 16.8 Å². The van der Waals surface area contributed by atoms with E-state index in [1.165, 1.54) is 47.5 Å². The molecule has 3 heterocycles. The molecular formula is C24H24F2N6O2. The number of aromatic nitrogens is 4. The van der Waals surface area contributed by atoms with Gasteiger partial charge in [0.15, 0.2) is 5.58 Å². The first kappa shape index (κ1) is 22.0. The molecule has 1 amide bonds. The van der Waals surface area contributed by atoms with E-state index in [9.17, 15) is 13.6 Å². The number of aryl methyl sites for hydroxylation is 1. The van der Waals surface area contributed by atoms with Crippen molar-refractivity contribution in [2.45, 2.75) is 32.7 Å². The first-order chi connectivity index (χ1) is 16.4. The van der Waals surface area contributed by atoms with Crippen LogP contribution in [0, 0.1) is 24.5 Å². The van der Waals surface area contributed by atoms with Gasteiger partial charge in [0, 0.05) is 25.2 Å². The number of nitrogens with one attached hydrogen (secondary N) is 1. The third kappa shape index (κ3) is 4.11. The fraction of sp³-hybridized carbons (Fsp3) is 0.333. The van der Waals surface area contributed by atoms with Crippen LogP contribution in [-0.2, 0) is 0 Å². The second kappa shape index (κ2) is 8.85. The minimum absolute atomic E-state index is 0.157. The van der Waals surface area contributed by atoms with Crippen LogP contribution in [-0.4, -0.2) is 49.9 Å². The van der Waals surface area contributed by atoms with Crippen molar-refractivity contribution in [3.63, 3.8) is 0 Å². The first-order valence-electron chi connectivity index (χ1n) is 11.2. The van der Waals surface area contributed by atoms with Crippen LogP contribution < -0.4 is 5.32 Å². The van der Waals surface area contributed by atoms with Gasteiger partial charge in [-0.25, -0.2) is 8.78 Å². The van der Waals surface area contributed by atoms with Crippen molar-refractivity contribution in [3.8, 4) is 5.69 Å². The lowest BCUT2D eigenvalue weighted by molar-refractivity contribution is 0.0538. The smallest absolute Gasteiger partial charge is 0.295 e. The summed E-state index contributed by atoms with van der Waals surface area (Å²) < 4.78 is 33.4. The summed E-state index contributed by atoms with van der Waals surface area (Å²) in [5.74, 6) is -0.844. The highest BCUT2D eigenvalue weighted by atomic mass is 19.1. The number of carbonyl (C=O) groups is 1. The SMILES string of the molecule is Cc1cc(F)cc(-n2nccn2)c1C(=O)N1CCCC(C)C1CNc1nc2cc(F)ccc2o1. The lowest BCUT2D eigenvalue weighted by Crippen LogP contribution is -2.51. The van der Waals surface area contributed by atoms with Crippen molar-refractivity contribution >= 4 is 23.0 Å². The zero-order chi connectivity index (χ0) is 23.8. The fourth-order valence-electron chi connectivity index (χ4n) is 4.63. The number of oxazole rings is 1. The number of halogens is 2. The highest BCUT2D eigenvalue weighted by Gasteiger charge is 2.34. The summed E-state index contributed by atoms with van der Waals surface area (Å²) in [7, 11) is 0. The topological polar surface area (TPSA) is 89.1 Å². The third-order valence-electron chi connectivity index (χ3n) is 6.32. The van der Waals surface area contributed by atoms with Crippen LogP contribution in [0.5, 0.6) is 0 Å². The molecule has 0 radical (unpaired) electrons. The molecule has 2 aromatic heterocycles. The maximum atomic E-state index is 14.2. The molecule has 176 valence electrons. The predicted molar refractivity (Wildman–Crippen MR) is 122 cm³/mol. The Bertz CT molecular complexity index is 1340. The molecule has 0 spiro atoms. The molecule has 5 rings (SSSR count). The van der Waals surface area contributed by atoms with E-state index >= 15 is 0 Å². The number of fused-ring (bicyclic) bond motifs is 1. The molecule has 0 bridgehead atoms. The number of benzene rings is 2. The van der Waals surface area contributed by atoms with Gasteiger partial charge in [0.2, 0.25) is 0 Å². The lowest BCUT2D eigenvalue weighted by atomic mass is 9.89. The second-order valence-electron chi connectivity index (χ2n) is 8.63. The normalized spacial score (nSPS) is 18.4. The van der Waals surface area contributed by atoms with E-state index < -0.39 is 5.82 Å². The summed E-state index contributed by atoms with van der Waals surface area (Å²) in [5, 5.41) is 11.4. The summed E-state index contributed by atoms with van der Waals surface area (Å²) in [4.78, 5) is 21.2. The molecule has 2 aromatic carbocycles. The molecule has 4 aromatic rings. The minimum Gasteiger partial charge on any atom is -0.424 e. The van der Waals surface area contributed by atoms with Gasteiger partial charge in [0.25, 0.3) is 11.9 Å². The van der Waals surface area contributed by atoms with E-state index in [2.05, 4.69) is 27.4 Å².